The number of benzene rings is 3. The Kier molecular flexibility index (Phi) is 11.5. The highest BCUT2D eigenvalue weighted by molar-refractivity contribution is 7.99. The summed E-state index contributed by atoms with van der Waals surface area (Å²) in [6, 6.07) is 30.3. The number of anilines is 1. The van der Waals surface area contributed by atoms with Gasteiger partial charge in [0, 0.05) is 13.5 Å². The first-order valence-corrected chi connectivity index (χ1v) is 22.2. The number of carbonyl (C=O) groups excluding carboxylic acids is 3. The Morgan fingerprint density at radius 1 is 0.940 bits per heavy atom. The normalized spacial score (nSPS) is 16.5. The lowest BCUT2D eigenvalue weighted by Gasteiger charge is -2.36. The van der Waals surface area contributed by atoms with Gasteiger partial charge in [0.2, 0.25) is 11.5 Å². The van der Waals surface area contributed by atoms with Gasteiger partial charge in [-0.1, -0.05) is 116 Å². The van der Waals surface area contributed by atoms with Crippen LogP contribution in [0.4, 0.5) is 5.13 Å². The number of β-lactam (4-membered cyclic amide) rings is 1. The summed E-state index contributed by atoms with van der Waals surface area (Å²) in [5.74, 6) is -1.56. The van der Waals surface area contributed by atoms with E-state index in [9.17, 15) is 14.4 Å². The fraction of sp³-hybridized carbons (Fsp3) is 0.324. The molecule has 1 aliphatic heterocycles. The van der Waals surface area contributed by atoms with Crippen molar-refractivity contribution in [1.82, 2.24) is 15.6 Å². The molecular formula is C37H43N5O5S2Si. The van der Waals surface area contributed by atoms with Crippen LogP contribution >= 0.6 is 23.1 Å². The van der Waals surface area contributed by atoms with Crippen molar-refractivity contribution >= 4 is 59.8 Å². The van der Waals surface area contributed by atoms with Gasteiger partial charge in [-0.3, -0.25) is 9.59 Å². The van der Waals surface area contributed by atoms with Crippen molar-refractivity contribution in [3.63, 3.8) is 0 Å². The molecule has 1 aliphatic rings. The highest BCUT2D eigenvalue weighted by Crippen LogP contribution is 2.40. The molecule has 0 unspecified atom stereocenters. The van der Waals surface area contributed by atoms with Crippen LogP contribution in [0.2, 0.25) is 25.7 Å². The lowest BCUT2D eigenvalue weighted by Crippen LogP contribution is -2.68. The summed E-state index contributed by atoms with van der Waals surface area (Å²) in [7, 11) is -1.43. The molecular weight excluding hydrogens is 687 g/mol. The average molecular weight is 730 g/mol. The predicted octanol–water partition coefficient (Wildman–Crippen LogP) is 6.23. The summed E-state index contributed by atoms with van der Waals surface area (Å²) in [5, 5.41) is 15.4. The van der Waals surface area contributed by atoms with E-state index < -0.39 is 37.1 Å². The Bertz CT molecular complexity index is 1720. The molecule has 2 atom stereocenters. The standard InChI is InChI=1S/C37H43N5O5S2Si/c1-36(2,34(45)46-22-23-50(4,5)6)47-42-29(31(43)39-30-32(44)40-33(30)48-3)28-24-49-35(38-28)41-37(25-16-10-7-11-17-25,26-18-12-8-13-19-26)27-20-14-9-15-21-27/h7-21,24,30,33H,22-23H2,1-6H3,(H,38,41)(H,39,43)(H,40,44)/b42-29+/t30-,33-/m1/s1. The van der Waals surface area contributed by atoms with Crippen molar-refractivity contribution in [2.75, 3.05) is 18.2 Å². The van der Waals surface area contributed by atoms with Gasteiger partial charge in [-0.05, 0) is 42.8 Å². The molecule has 0 spiro atoms. The molecule has 50 heavy (non-hydrogen) atoms. The maximum atomic E-state index is 13.8. The van der Waals surface area contributed by atoms with Gasteiger partial charge in [-0.15, -0.1) is 23.1 Å². The molecule has 3 aromatic carbocycles. The minimum Gasteiger partial charge on any atom is -0.463 e. The number of thioether (sulfide) groups is 1. The first-order valence-electron chi connectivity index (χ1n) is 16.3. The van der Waals surface area contributed by atoms with Gasteiger partial charge in [0.25, 0.3) is 5.91 Å². The van der Waals surface area contributed by atoms with E-state index in [1.165, 1.54) is 36.9 Å². The monoisotopic (exact) mass is 729 g/mol. The van der Waals surface area contributed by atoms with E-state index in [0.29, 0.717) is 5.13 Å². The van der Waals surface area contributed by atoms with E-state index in [4.69, 9.17) is 14.6 Å². The second-order valence-electron chi connectivity index (χ2n) is 13.6. The van der Waals surface area contributed by atoms with E-state index in [0.717, 1.165) is 22.7 Å². The minimum atomic E-state index is -1.50. The largest absolute Gasteiger partial charge is 0.463 e. The third-order valence-corrected chi connectivity index (χ3v) is 11.6. The van der Waals surface area contributed by atoms with Gasteiger partial charge < -0.3 is 25.5 Å². The van der Waals surface area contributed by atoms with Crippen LogP contribution in [0.5, 0.6) is 0 Å². The van der Waals surface area contributed by atoms with E-state index in [1.807, 2.05) is 60.9 Å². The van der Waals surface area contributed by atoms with Gasteiger partial charge >= 0.3 is 5.97 Å². The van der Waals surface area contributed by atoms with Gasteiger partial charge in [0.05, 0.1) is 6.61 Å². The number of carbonyl (C=O) groups is 3. The molecule has 2 heterocycles. The van der Waals surface area contributed by atoms with E-state index >= 15 is 0 Å². The number of aromatic nitrogens is 1. The molecule has 0 radical (unpaired) electrons. The SMILES string of the molecule is CS[C@H]1NC(=O)[C@H]1NC(=O)/C(=N/OC(C)(C)C(=O)OCC[Si](C)(C)C)c1csc(NC(c2ccccc2)(c2ccccc2)c2ccccc2)n1. The second-order valence-corrected chi connectivity index (χ2v) is 21.1. The van der Waals surface area contributed by atoms with Crippen LogP contribution in [-0.4, -0.2) is 66.4 Å². The maximum Gasteiger partial charge on any atom is 0.352 e. The molecule has 3 N–H and O–H groups in total. The number of nitrogens with one attached hydrogen (secondary N) is 3. The molecule has 1 fully saturated rings. The third-order valence-electron chi connectivity index (χ3n) is 8.23. The van der Waals surface area contributed by atoms with Crippen molar-refractivity contribution in [2.24, 2.45) is 5.16 Å². The zero-order chi connectivity index (χ0) is 35.9. The number of hydrogen-bond acceptors (Lipinski definition) is 10. The topological polar surface area (TPSA) is 131 Å². The average Bonchev–Trinajstić information content (AvgIpc) is 3.56. The highest BCUT2D eigenvalue weighted by atomic mass is 32.2. The molecule has 10 nitrogen and oxygen atoms in total. The van der Waals surface area contributed by atoms with Crippen LogP contribution in [0.3, 0.4) is 0 Å². The summed E-state index contributed by atoms with van der Waals surface area (Å²) >= 11 is 2.70. The number of thiazole rings is 1. The van der Waals surface area contributed by atoms with Crippen LogP contribution in [0.1, 0.15) is 36.2 Å². The smallest absolute Gasteiger partial charge is 0.352 e. The summed E-state index contributed by atoms with van der Waals surface area (Å²) < 4.78 is 5.52. The Labute approximate surface area is 302 Å². The predicted molar refractivity (Wildman–Crippen MR) is 203 cm³/mol. The van der Waals surface area contributed by atoms with E-state index in [1.54, 1.807) is 5.38 Å². The van der Waals surface area contributed by atoms with Gasteiger partial charge in [-0.25, -0.2) is 9.78 Å². The van der Waals surface area contributed by atoms with Crippen LogP contribution in [-0.2, 0) is 29.5 Å². The Balaban J connectivity index is 1.51. The Morgan fingerprint density at radius 2 is 1.48 bits per heavy atom. The number of nitrogens with zero attached hydrogens (tertiary/aromatic N) is 2. The molecule has 4 aromatic rings. The van der Waals surface area contributed by atoms with E-state index in [2.05, 4.69) is 77.1 Å². The van der Waals surface area contributed by atoms with Crippen LogP contribution < -0.4 is 16.0 Å². The molecule has 262 valence electrons. The molecule has 0 aliphatic carbocycles. The minimum absolute atomic E-state index is 0.179. The first kappa shape index (κ1) is 36.8. The Hall–Kier alpha value is -4.46. The van der Waals surface area contributed by atoms with Gasteiger partial charge in [-0.2, -0.15) is 0 Å². The Morgan fingerprint density at radius 3 is 1.96 bits per heavy atom. The van der Waals surface area contributed by atoms with Crippen molar-refractivity contribution in [3.05, 3.63) is 119 Å². The fourth-order valence-electron chi connectivity index (χ4n) is 5.31. The van der Waals surface area contributed by atoms with Gasteiger partial charge in [0.1, 0.15) is 22.6 Å². The first-order chi connectivity index (χ1) is 23.8. The lowest BCUT2D eigenvalue weighted by atomic mass is 9.77. The lowest BCUT2D eigenvalue weighted by molar-refractivity contribution is -0.167. The zero-order valence-electron chi connectivity index (χ0n) is 29.1. The maximum absolute atomic E-state index is 13.8. The molecule has 5 rings (SSSR count). The fourth-order valence-corrected chi connectivity index (χ4v) is 7.47. The quantitative estimate of drug-likeness (QED) is 0.0328. The number of hydrogen-bond donors (Lipinski definition) is 3. The number of ether oxygens (including phenoxy) is 1. The second kappa shape index (κ2) is 15.6. The third kappa shape index (κ3) is 8.45. The molecule has 2 amide bonds. The molecule has 1 aromatic heterocycles. The molecule has 13 heteroatoms. The molecule has 1 saturated heterocycles. The molecule has 0 bridgehead atoms. The molecule has 0 saturated carbocycles. The summed E-state index contributed by atoms with van der Waals surface area (Å²) in [6.45, 7) is 9.94. The summed E-state index contributed by atoms with van der Waals surface area (Å²) in [6.07, 6.45) is 1.84. The number of amides is 2. The summed E-state index contributed by atoms with van der Waals surface area (Å²) in [5.41, 5.74) is 0.628. The van der Waals surface area contributed by atoms with Gasteiger partial charge in [0.15, 0.2) is 10.8 Å². The highest BCUT2D eigenvalue weighted by Gasteiger charge is 2.42. The summed E-state index contributed by atoms with van der Waals surface area (Å²) in [4.78, 5) is 49.7. The number of rotatable bonds is 15. The van der Waals surface area contributed by atoms with E-state index in [-0.39, 0.29) is 29.3 Å². The zero-order valence-corrected chi connectivity index (χ0v) is 31.7. The van der Waals surface area contributed by atoms with Crippen molar-refractivity contribution in [1.29, 1.82) is 0 Å². The number of esters is 1. The number of oxime groups is 1. The van der Waals surface area contributed by atoms with Crippen LogP contribution in [0, 0.1) is 0 Å². The van der Waals surface area contributed by atoms with Crippen molar-refractivity contribution in [2.45, 2.75) is 62.1 Å². The van der Waals surface area contributed by atoms with Crippen molar-refractivity contribution < 1.29 is 24.0 Å². The van der Waals surface area contributed by atoms with Crippen LogP contribution in [0.25, 0.3) is 0 Å². The van der Waals surface area contributed by atoms with Crippen molar-refractivity contribution in [3.8, 4) is 0 Å². The van der Waals surface area contributed by atoms with Crippen LogP contribution in [0.15, 0.2) is 102 Å².